The predicted molar refractivity (Wildman–Crippen MR) is 70.1 cm³/mol. The number of nitrogens with two attached hydrogens (primary N) is 1. The number of carbonyl (C=O) groups excluding carboxylic acids is 1. The number of nitrogens with one attached hydrogen (secondary N) is 2. The summed E-state index contributed by atoms with van der Waals surface area (Å²) in [5.41, 5.74) is 3.73. The number of rotatable bonds is 4. The van der Waals surface area contributed by atoms with E-state index in [0.29, 0.717) is 23.7 Å². The minimum Gasteiger partial charge on any atom is -0.381 e. The summed E-state index contributed by atoms with van der Waals surface area (Å²) >= 11 is 0. The third-order valence-corrected chi connectivity index (χ3v) is 3.13. The molecular weight excluding hydrogens is 230 g/mol. The Kier molecular flexibility index (Phi) is 4.55. The highest BCUT2D eigenvalue weighted by Crippen LogP contribution is 2.15. The van der Waals surface area contributed by atoms with E-state index in [2.05, 4.69) is 10.7 Å². The van der Waals surface area contributed by atoms with Gasteiger partial charge in [-0.25, -0.2) is 0 Å². The highest BCUT2D eigenvalue weighted by molar-refractivity contribution is 5.99. The van der Waals surface area contributed by atoms with Crippen LogP contribution in [0.1, 0.15) is 23.2 Å². The number of amides is 1. The Bertz CT molecular complexity index is 403. The fourth-order valence-corrected chi connectivity index (χ4v) is 2.11. The van der Waals surface area contributed by atoms with E-state index in [0.717, 1.165) is 26.1 Å². The summed E-state index contributed by atoms with van der Waals surface area (Å²) in [5.74, 6) is 5.69. The van der Waals surface area contributed by atoms with Crippen LogP contribution in [-0.2, 0) is 4.74 Å². The summed E-state index contributed by atoms with van der Waals surface area (Å²) in [6, 6.07) is 7.18. The van der Waals surface area contributed by atoms with E-state index >= 15 is 0 Å². The summed E-state index contributed by atoms with van der Waals surface area (Å²) in [6.45, 7) is 2.22. The van der Waals surface area contributed by atoms with Crippen LogP contribution in [0.4, 0.5) is 5.69 Å². The van der Waals surface area contributed by atoms with E-state index in [4.69, 9.17) is 10.6 Å². The van der Waals surface area contributed by atoms with Crippen LogP contribution in [-0.4, -0.2) is 25.7 Å². The molecule has 1 aromatic carbocycles. The van der Waals surface area contributed by atoms with Gasteiger partial charge in [0, 0.05) is 13.2 Å². The van der Waals surface area contributed by atoms with Crippen LogP contribution in [0.25, 0.3) is 0 Å². The van der Waals surface area contributed by atoms with Crippen LogP contribution >= 0.6 is 0 Å². The average Bonchev–Trinajstić information content (AvgIpc) is 2.45. The smallest absolute Gasteiger partial charge is 0.253 e. The van der Waals surface area contributed by atoms with Gasteiger partial charge in [-0.05, 0) is 30.9 Å². The molecule has 0 aliphatic carbocycles. The molecule has 0 spiro atoms. The second-order valence-electron chi connectivity index (χ2n) is 4.48. The number of hydrogen-bond donors (Lipinski definition) is 3. The lowest BCUT2D eigenvalue weighted by Crippen LogP contribution is -2.33. The normalized spacial score (nSPS) is 19.3. The molecule has 1 amide bonds. The van der Waals surface area contributed by atoms with Gasteiger partial charge in [-0.3, -0.25) is 10.6 Å². The molecule has 0 saturated carbocycles. The van der Waals surface area contributed by atoms with Crippen molar-refractivity contribution < 1.29 is 9.53 Å². The molecule has 0 radical (unpaired) electrons. The number of benzene rings is 1. The van der Waals surface area contributed by atoms with Gasteiger partial charge in [0.25, 0.3) is 5.91 Å². The van der Waals surface area contributed by atoms with Gasteiger partial charge in [0.15, 0.2) is 0 Å². The Morgan fingerprint density at radius 3 is 3.00 bits per heavy atom. The Balaban J connectivity index is 1.90. The van der Waals surface area contributed by atoms with Crippen molar-refractivity contribution in [2.24, 2.45) is 11.8 Å². The second kappa shape index (κ2) is 6.37. The maximum atomic E-state index is 12.0. The van der Waals surface area contributed by atoms with Crippen LogP contribution in [0.3, 0.4) is 0 Å². The molecule has 1 heterocycles. The standard InChI is InChI=1S/C13H19N3O2/c14-16-12-6-2-1-5-11(12)13(17)15-8-10-4-3-7-18-9-10/h1-2,5-6,10,16H,3-4,7-9,14H2,(H,15,17). The van der Waals surface area contributed by atoms with Gasteiger partial charge in [-0.1, -0.05) is 12.1 Å². The number of ether oxygens (including phenoxy) is 1. The first-order chi connectivity index (χ1) is 8.81. The third-order valence-electron chi connectivity index (χ3n) is 3.13. The van der Waals surface area contributed by atoms with Gasteiger partial charge < -0.3 is 15.5 Å². The highest BCUT2D eigenvalue weighted by atomic mass is 16.5. The summed E-state index contributed by atoms with van der Waals surface area (Å²) in [5, 5.41) is 2.93. The van der Waals surface area contributed by atoms with Crippen molar-refractivity contribution in [3.63, 3.8) is 0 Å². The Hall–Kier alpha value is -1.59. The quantitative estimate of drug-likeness (QED) is 0.552. The van der Waals surface area contributed by atoms with E-state index in [1.807, 2.05) is 12.1 Å². The van der Waals surface area contributed by atoms with Crippen molar-refractivity contribution in [3.8, 4) is 0 Å². The van der Waals surface area contributed by atoms with Crippen molar-refractivity contribution in [2.45, 2.75) is 12.8 Å². The first-order valence-corrected chi connectivity index (χ1v) is 6.23. The van der Waals surface area contributed by atoms with E-state index in [1.165, 1.54) is 0 Å². The van der Waals surface area contributed by atoms with Crippen LogP contribution in [0.5, 0.6) is 0 Å². The van der Waals surface area contributed by atoms with Gasteiger partial charge >= 0.3 is 0 Å². The third kappa shape index (κ3) is 3.21. The first-order valence-electron chi connectivity index (χ1n) is 6.23. The zero-order valence-corrected chi connectivity index (χ0v) is 10.3. The molecule has 4 N–H and O–H groups in total. The van der Waals surface area contributed by atoms with Gasteiger partial charge in [-0.15, -0.1) is 0 Å². The lowest BCUT2D eigenvalue weighted by Gasteiger charge is -2.22. The van der Waals surface area contributed by atoms with E-state index in [-0.39, 0.29) is 5.91 Å². The maximum Gasteiger partial charge on any atom is 0.253 e. The average molecular weight is 249 g/mol. The van der Waals surface area contributed by atoms with Gasteiger partial charge in [0.05, 0.1) is 17.9 Å². The van der Waals surface area contributed by atoms with Crippen LogP contribution < -0.4 is 16.6 Å². The molecule has 1 aromatic rings. The summed E-state index contributed by atoms with van der Waals surface area (Å²) < 4.78 is 5.38. The second-order valence-corrected chi connectivity index (χ2v) is 4.48. The largest absolute Gasteiger partial charge is 0.381 e. The molecule has 5 heteroatoms. The molecule has 1 fully saturated rings. The SMILES string of the molecule is NNc1ccccc1C(=O)NCC1CCCOC1. The maximum absolute atomic E-state index is 12.0. The van der Waals surface area contributed by atoms with Gasteiger partial charge in [0.2, 0.25) is 0 Å². The van der Waals surface area contributed by atoms with E-state index < -0.39 is 0 Å². The summed E-state index contributed by atoms with van der Waals surface area (Å²) in [4.78, 5) is 12.0. The topological polar surface area (TPSA) is 76.4 Å². The minimum absolute atomic E-state index is 0.103. The zero-order valence-electron chi connectivity index (χ0n) is 10.3. The molecule has 1 saturated heterocycles. The van der Waals surface area contributed by atoms with Crippen molar-refractivity contribution in [1.29, 1.82) is 0 Å². The van der Waals surface area contributed by atoms with Crippen LogP contribution in [0.2, 0.25) is 0 Å². The Morgan fingerprint density at radius 2 is 2.28 bits per heavy atom. The van der Waals surface area contributed by atoms with Crippen molar-refractivity contribution in [1.82, 2.24) is 5.32 Å². The number of carbonyl (C=O) groups is 1. The fourth-order valence-electron chi connectivity index (χ4n) is 2.11. The molecular formula is C13H19N3O2. The molecule has 1 atom stereocenters. The lowest BCUT2D eigenvalue weighted by molar-refractivity contribution is 0.0536. The molecule has 98 valence electrons. The van der Waals surface area contributed by atoms with E-state index in [1.54, 1.807) is 12.1 Å². The number of hydrazine groups is 1. The number of hydrogen-bond acceptors (Lipinski definition) is 4. The zero-order chi connectivity index (χ0) is 12.8. The summed E-state index contributed by atoms with van der Waals surface area (Å²) in [7, 11) is 0. The van der Waals surface area contributed by atoms with E-state index in [9.17, 15) is 4.79 Å². The molecule has 1 aliphatic rings. The fraction of sp³-hybridized carbons (Fsp3) is 0.462. The molecule has 18 heavy (non-hydrogen) atoms. The molecule has 1 unspecified atom stereocenters. The summed E-state index contributed by atoms with van der Waals surface area (Å²) in [6.07, 6.45) is 2.18. The minimum atomic E-state index is -0.103. The number of para-hydroxylation sites is 1. The predicted octanol–water partition coefficient (Wildman–Crippen LogP) is 1.13. The number of nitrogen functional groups attached to an aromatic ring is 1. The first kappa shape index (κ1) is 12.9. The lowest BCUT2D eigenvalue weighted by atomic mass is 10.0. The molecule has 5 nitrogen and oxygen atoms in total. The Morgan fingerprint density at radius 1 is 1.44 bits per heavy atom. The highest BCUT2D eigenvalue weighted by Gasteiger charge is 2.16. The van der Waals surface area contributed by atoms with Gasteiger partial charge in [-0.2, -0.15) is 0 Å². The van der Waals surface area contributed by atoms with Crippen molar-refractivity contribution in [3.05, 3.63) is 29.8 Å². The van der Waals surface area contributed by atoms with Crippen LogP contribution in [0.15, 0.2) is 24.3 Å². The molecule has 1 aliphatic heterocycles. The molecule has 0 aromatic heterocycles. The Labute approximate surface area is 107 Å². The monoisotopic (exact) mass is 249 g/mol. The van der Waals surface area contributed by atoms with Crippen molar-refractivity contribution >= 4 is 11.6 Å². The van der Waals surface area contributed by atoms with Gasteiger partial charge in [0.1, 0.15) is 0 Å². The van der Waals surface area contributed by atoms with Crippen molar-refractivity contribution in [2.75, 3.05) is 25.2 Å². The molecule has 0 bridgehead atoms. The van der Waals surface area contributed by atoms with Crippen LogP contribution in [0, 0.1) is 5.92 Å². The molecule has 2 rings (SSSR count). The number of anilines is 1.